The first-order valence-electron chi connectivity index (χ1n) is 7.63. The molecule has 2 amide bonds. The van der Waals surface area contributed by atoms with Gasteiger partial charge in [0.15, 0.2) is 0 Å². The summed E-state index contributed by atoms with van der Waals surface area (Å²) in [6, 6.07) is 9.72. The van der Waals surface area contributed by atoms with Gasteiger partial charge >= 0.3 is 0 Å². The third-order valence-corrected chi connectivity index (χ3v) is 3.80. The Morgan fingerprint density at radius 3 is 2.35 bits per heavy atom. The average Bonchev–Trinajstić information content (AvgIpc) is 2.54. The van der Waals surface area contributed by atoms with Gasteiger partial charge in [-0.3, -0.25) is 14.5 Å². The lowest BCUT2D eigenvalue weighted by Gasteiger charge is -2.34. The minimum atomic E-state index is -0.587. The monoisotopic (exact) mass is 340 g/mol. The predicted molar refractivity (Wildman–Crippen MR) is 92.2 cm³/mol. The molecule has 0 aliphatic carbocycles. The highest BCUT2D eigenvalue weighted by Crippen LogP contribution is 2.08. The molecule has 6 nitrogen and oxygen atoms in total. The molecule has 0 radical (unpaired) electrons. The molecule has 128 valence electrons. The highest BCUT2D eigenvalue weighted by molar-refractivity contribution is 5.87. The molecule has 1 aromatic rings. The molecule has 7 heteroatoms. The van der Waals surface area contributed by atoms with Crippen LogP contribution in [-0.2, 0) is 16.1 Å². The molecule has 0 saturated carbocycles. The fourth-order valence-electron chi connectivity index (χ4n) is 2.43. The number of carbonyl (C=O) groups is 2. The Bertz CT molecular complexity index is 502. The third-order valence-electron chi connectivity index (χ3n) is 3.80. The van der Waals surface area contributed by atoms with Crippen molar-refractivity contribution >= 4 is 24.2 Å². The van der Waals surface area contributed by atoms with E-state index < -0.39 is 6.04 Å². The molecule has 1 heterocycles. The Balaban J connectivity index is 0.00000264. The SMILES string of the molecule is CC(N)C(=O)NCC(=O)N1CCN(Cc2ccccc2)CC1.Cl. The van der Waals surface area contributed by atoms with Crippen LogP contribution in [0.15, 0.2) is 30.3 Å². The van der Waals surface area contributed by atoms with E-state index in [2.05, 4.69) is 22.3 Å². The number of amides is 2. The van der Waals surface area contributed by atoms with Crippen LogP contribution in [0.5, 0.6) is 0 Å². The molecule has 3 N–H and O–H groups in total. The van der Waals surface area contributed by atoms with E-state index in [1.807, 2.05) is 18.2 Å². The number of rotatable bonds is 5. The van der Waals surface area contributed by atoms with Crippen LogP contribution in [0.4, 0.5) is 0 Å². The molecule has 1 aliphatic heterocycles. The molecule has 1 atom stereocenters. The van der Waals surface area contributed by atoms with Crippen LogP contribution in [0.2, 0.25) is 0 Å². The lowest BCUT2D eigenvalue weighted by atomic mass is 10.2. The fourth-order valence-corrected chi connectivity index (χ4v) is 2.43. The summed E-state index contributed by atoms with van der Waals surface area (Å²) < 4.78 is 0. The maximum Gasteiger partial charge on any atom is 0.242 e. The van der Waals surface area contributed by atoms with Crippen LogP contribution < -0.4 is 11.1 Å². The van der Waals surface area contributed by atoms with E-state index in [4.69, 9.17) is 5.73 Å². The van der Waals surface area contributed by atoms with Gasteiger partial charge in [-0.1, -0.05) is 30.3 Å². The number of benzene rings is 1. The predicted octanol–water partition coefficient (Wildman–Crippen LogP) is 0.216. The van der Waals surface area contributed by atoms with Gasteiger partial charge in [0.1, 0.15) is 0 Å². The van der Waals surface area contributed by atoms with E-state index >= 15 is 0 Å². The molecule has 2 rings (SSSR count). The van der Waals surface area contributed by atoms with Crippen LogP contribution in [0.1, 0.15) is 12.5 Å². The van der Waals surface area contributed by atoms with E-state index in [1.54, 1.807) is 11.8 Å². The first-order chi connectivity index (χ1) is 10.6. The number of hydrogen-bond donors (Lipinski definition) is 2. The molecule has 1 unspecified atom stereocenters. The van der Waals surface area contributed by atoms with Gasteiger partial charge in [-0.15, -0.1) is 12.4 Å². The average molecular weight is 341 g/mol. The Kier molecular flexibility index (Phi) is 8.02. The summed E-state index contributed by atoms with van der Waals surface area (Å²) in [7, 11) is 0. The molecule has 0 aromatic heterocycles. The summed E-state index contributed by atoms with van der Waals surface area (Å²) in [5.74, 6) is -0.343. The van der Waals surface area contributed by atoms with Crippen molar-refractivity contribution in [1.82, 2.24) is 15.1 Å². The van der Waals surface area contributed by atoms with Crippen molar-refractivity contribution in [2.75, 3.05) is 32.7 Å². The van der Waals surface area contributed by atoms with Crippen LogP contribution in [0.25, 0.3) is 0 Å². The number of carbonyl (C=O) groups excluding carboxylic acids is 2. The minimum absolute atomic E-state index is 0. The normalized spacial score (nSPS) is 16.3. The van der Waals surface area contributed by atoms with E-state index in [0.717, 1.165) is 19.6 Å². The summed E-state index contributed by atoms with van der Waals surface area (Å²) in [5.41, 5.74) is 6.73. The van der Waals surface area contributed by atoms with Gasteiger partial charge in [0.05, 0.1) is 12.6 Å². The number of hydrogen-bond acceptors (Lipinski definition) is 4. The van der Waals surface area contributed by atoms with E-state index in [1.165, 1.54) is 5.56 Å². The molecule has 1 aliphatic rings. The van der Waals surface area contributed by atoms with Crippen LogP contribution >= 0.6 is 12.4 Å². The lowest BCUT2D eigenvalue weighted by Crippen LogP contribution is -2.51. The summed E-state index contributed by atoms with van der Waals surface area (Å²) in [6.07, 6.45) is 0. The van der Waals surface area contributed by atoms with Gasteiger partial charge in [-0.05, 0) is 12.5 Å². The summed E-state index contributed by atoms with van der Waals surface area (Å²) >= 11 is 0. The summed E-state index contributed by atoms with van der Waals surface area (Å²) in [6.45, 7) is 5.62. The molecule has 0 bridgehead atoms. The van der Waals surface area contributed by atoms with Crippen molar-refractivity contribution in [2.45, 2.75) is 19.5 Å². The van der Waals surface area contributed by atoms with E-state index in [0.29, 0.717) is 13.1 Å². The second kappa shape index (κ2) is 9.50. The smallest absolute Gasteiger partial charge is 0.242 e. The minimum Gasteiger partial charge on any atom is -0.346 e. The van der Waals surface area contributed by atoms with Gasteiger partial charge in [0, 0.05) is 32.7 Å². The number of halogens is 1. The number of nitrogens with two attached hydrogens (primary N) is 1. The van der Waals surface area contributed by atoms with Crippen LogP contribution in [0.3, 0.4) is 0 Å². The quantitative estimate of drug-likeness (QED) is 0.803. The zero-order valence-corrected chi connectivity index (χ0v) is 14.2. The first kappa shape index (κ1) is 19.4. The van der Waals surface area contributed by atoms with Crippen LogP contribution in [0, 0.1) is 0 Å². The van der Waals surface area contributed by atoms with Gasteiger partial charge in [0.2, 0.25) is 11.8 Å². The first-order valence-corrected chi connectivity index (χ1v) is 7.63. The molecule has 1 aromatic carbocycles. The molecule has 0 spiro atoms. The molecular formula is C16H25ClN4O2. The second-order valence-electron chi connectivity index (χ2n) is 5.65. The van der Waals surface area contributed by atoms with Crippen molar-refractivity contribution in [1.29, 1.82) is 0 Å². The van der Waals surface area contributed by atoms with Crippen molar-refractivity contribution < 1.29 is 9.59 Å². The van der Waals surface area contributed by atoms with Crippen molar-refractivity contribution in [3.63, 3.8) is 0 Å². The van der Waals surface area contributed by atoms with E-state index in [-0.39, 0.29) is 30.8 Å². The van der Waals surface area contributed by atoms with Gasteiger partial charge in [-0.25, -0.2) is 0 Å². The molecule has 1 saturated heterocycles. The summed E-state index contributed by atoms with van der Waals surface area (Å²) in [4.78, 5) is 27.5. The van der Waals surface area contributed by atoms with Crippen molar-refractivity contribution in [3.05, 3.63) is 35.9 Å². The summed E-state index contributed by atoms with van der Waals surface area (Å²) in [5, 5.41) is 2.56. The van der Waals surface area contributed by atoms with Gasteiger partial charge in [-0.2, -0.15) is 0 Å². The zero-order valence-electron chi connectivity index (χ0n) is 13.4. The fraction of sp³-hybridized carbons (Fsp3) is 0.500. The van der Waals surface area contributed by atoms with Crippen molar-refractivity contribution in [2.24, 2.45) is 5.73 Å². The molecular weight excluding hydrogens is 316 g/mol. The highest BCUT2D eigenvalue weighted by atomic mass is 35.5. The standard InChI is InChI=1S/C16H24N4O2.ClH/c1-13(17)16(22)18-11-15(21)20-9-7-19(8-10-20)12-14-5-3-2-4-6-14;/h2-6,13H,7-12,17H2,1H3,(H,18,22);1H. The Morgan fingerprint density at radius 1 is 1.17 bits per heavy atom. The number of piperazine rings is 1. The maximum absolute atomic E-state index is 12.0. The molecule has 23 heavy (non-hydrogen) atoms. The van der Waals surface area contributed by atoms with E-state index in [9.17, 15) is 9.59 Å². The third kappa shape index (κ3) is 6.17. The highest BCUT2D eigenvalue weighted by Gasteiger charge is 2.21. The topological polar surface area (TPSA) is 78.7 Å². The zero-order chi connectivity index (χ0) is 15.9. The van der Waals surface area contributed by atoms with Gasteiger partial charge < -0.3 is 16.0 Å². The lowest BCUT2D eigenvalue weighted by molar-refractivity contribution is -0.134. The van der Waals surface area contributed by atoms with Gasteiger partial charge in [0.25, 0.3) is 0 Å². The van der Waals surface area contributed by atoms with Crippen molar-refractivity contribution in [3.8, 4) is 0 Å². The second-order valence-corrected chi connectivity index (χ2v) is 5.65. The largest absolute Gasteiger partial charge is 0.346 e. The Labute approximate surface area is 143 Å². The maximum atomic E-state index is 12.0. The number of nitrogens with zero attached hydrogens (tertiary/aromatic N) is 2. The number of nitrogens with one attached hydrogen (secondary N) is 1. The molecule has 1 fully saturated rings. The van der Waals surface area contributed by atoms with Crippen LogP contribution in [-0.4, -0.2) is 60.4 Å². The Hall–Kier alpha value is -1.63. The Morgan fingerprint density at radius 2 is 1.78 bits per heavy atom.